The first-order valence-electron chi connectivity index (χ1n) is 4.87. The van der Waals surface area contributed by atoms with Crippen molar-refractivity contribution in [2.75, 3.05) is 5.75 Å². The zero-order valence-corrected chi connectivity index (χ0v) is 10.3. The number of nitrogens with two attached hydrogens (primary N) is 1. The molecule has 2 amide bonds. The number of nitrogens with zero attached hydrogens (tertiary/aromatic N) is 2. The molecule has 1 aromatic carbocycles. The fourth-order valence-electron chi connectivity index (χ4n) is 1.05. The SMILES string of the molecule is CC(=O)N(N)C(=O)CSc1ccc([N+](=O)[O-])cc1. The van der Waals surface area contributed by atoms with Crippen molar-refractivity contribution in [2.45, 2.75) is 11.8 Å². The number of hydrogen-bond donors (Lipinski definition) is 1. The van der Waals surface area contributed by atoms with Gasteiger partial charge in [0.25, 0.3) is 11.6 Å². The van der Waals surface area contributed by atoms with Gasteiger partial charge in [-0.25, -0.2) is 10.9 Å². The van der Waals surface area contributed by atoms with Crippen LogP contribution in [0.1, 0.15) is 6.92 Å². The van der Waals surface area contributed by atoms with Crippen LogP contribution in [0.25, 0.3) is 0 Å². The Morgan fingerprint density at radius 1 is 1.39 bits per heavy atom. The predicted molar refractivity (Wildman–Crippen MR) is 65.5 cm³/mol. The third-order valence-electron chi connectivity index (χ3n) is 2.02. The first-order chi connectivity index (χ1) is 8.41. The van der Waals surface area contributed by atoms with Gasteiger partial charge in [0.05, 0.1) is 10.7 Å². The smallest absolute Gasteiger partial charge is 0.269 e. The molecule has 0 spiro atoms. The van der Waals surface area contributed by atoms with E-state index < -0.39 is 16.7 Å². The van der Waals surface area contributed by atoms with Gasteiger partial charge < -0.3 is 0 Å². The van der Waals surface area contributed by atoms with Crippen LogP contribution in [0, 0.1) is 10.1 Å². The Labute approximate surface area is 107 Å². The lowest BCUT2D eigenvalue weighted by atomic mass is 10.3. The van der Waals surface area contributed by atoms with Gasteiger partial charge in [-0.05, 0) is 12.1 Å². The molecule has 1 aromatic rings. The van der Waals surface area contributed by atoms with Crippen LogP contribution in [0.15, 0.2) is 29.2 Å². The number of amides is 2. The van der Waals surface area contributed by atoms with E-state index in [-0.39, 0.29) is 11.4 Å². The maximum atomic E-state index is 11.4. The highest BCUT2D eigenvalue weighted by molar-refractivity contribution is 8.00. The largest absolute Gasteiger partial charge is 0.273 e. The molecule has 0 heterocycles. The van der Waals surface area contributed by atoms with Gasteiger partial charge >= 0.3 is 0 Å². The third kappa shape index (κ3) is 3.82. The van der Waals surface area contributed by atoms with E-state index in [1.54, 1.807) is 0 Å². The number of imide groups is 1. The van der Waals surface area contributed by atoms with E-state index >= 15 is 0 Å². The molecule has 0 aliphatic heterocycles. The molecule has 0 aliphatic rings. The van der Waals surface area contributed by atoms with E-state index in [0.717, 1.165) is 11.8 Å². The quantitative estimate of drug-likeness (QED) is 0.286. The number of hydrogen-bond acceptors (Lipinski definition) is 6. The molecule has 2 N–H and O–H groups in total. The van der Waals surface area contributed by atoms with Gasteiger partial charge in [-0.1, -0.05) is 0 Å². The lowest BCUT2D eigenvalue weighted by molar-refractivity contribution is -0.384. The normalized spacial score (nSPS) is 9.89. The van der Waals surface area contributed by atoms with Crippen molar-refractivity contribution in [2.24, 2.45) is 5.84 Å². The number of nitro groups is 1. The van der Waals surface area contributed by atoms with Gasteiger partial charge in [-0.15, -0.1) is 11.8 Å². The highest BCUT2D eigenvalue weighted by Crippen LogP contribution is 2.21. The Bertz CT molecular complexity index is 475. The second-order valence-electron chi connectivity index (χ2n) is 3.32. The van der Waals surface area contributed by atoms with Crippen LogP contribution in [0.2, 0.25) is 0 Å². The fraction of sp³-hybridized carbons (Fsp3) is 0.200. The summed E-state index contributed by atoms with van der Waals surface area (Å²) in [6.07, 6.45) is 0. The Morgan fingerprint density at radius 2 is 1.94 bits per heavy atom. The van der Waals surface area contributed by atoms with Crippen LogP contribution in [-0.2, 0) is 9.59 Å². The molecule has 1 rings (SSSR count). The molecule has 0 saturated carbocycles. The molecule has 7 nitrogen and oxygen atoms in total. The summed E-state index contributed by atoms with van der Waals surface area (Å²) in [5, 5.41) is 11.0. The number of nitro benzene ring substituents is 1. The molecule has 18 heavy (non-hydrogen) atoms. The van der Waals surface area contributed by atoms with Crippen molar-refractivity contribution in [1.82, 2.24) is 5.01 Å². The van der Waals surface area contributed by atoms with Gasteiger partial charge in [0.15, 0.2) is 0 Å². The second-order valence-corrected chi connectivity index (χ2v) is 4.37. The number of carbonyl (C=O) groups is 2. The Morgan fingerprint density at radius 3 is 2.39 bits per heavy atom. The zero-order chi connectivity index (χ0) is 13.7. The van der Waals surface area contributed by atoms with Crippen LogP contribution in [0.5, 0.6) is 0 Å². The maximum absolute atomic E-state index is 11.4. The minimum Gasteiger partial charge on any atom is -0.273 e. The summed E-state index contributed by atoms with van der Waals surface area (Å²) < 4.78 is 0. The van der Waals surface area contributed by atoms with Gasteiger partial charge in [0, 0.05) is 24.0 Å². The molecule has 0 saturated heterocycles. The standard InChI is InChI=1S/C10H11N3O4S/c1-7(14)12(11)10(15)6-18-9-4-2-8(3-5-9)13(16)17/h2-5H,6,11H2,1H3. The van der Waals surface area contributed by atoms with E-state index in [0.29, 0.717) is 9.90 Å². The monoisotopic (exact) mass is 269 g/mol. The number of hydrazine groups is 1. The fourth-order valence-corrected chi connectivity index (χ4v) is 1.81. The lowest BCUT2D eigenvalue weighted by Crippen LogP contribution is -2.42. The summed E-state index contributed by atoms with van der Waals surface area (Å²) >= 11 is 1.15. The van der Waals surface area contributed by atoms with E-state index in [4.69, 9.17) is 5.84 Å². The average molecular weight is 269 g/mol. The minimum absolute atomic E-state index is 0.00606. The van der Waals surface area contributed by atoms with Gasteiger partial charge in [0.1, 0.15) is 0 Å². The molecule has 0 aromatic heterocycles. The number of non-ortho nitro benzene ring substituents is 1. The van der Waals surface area contributed by atoms with E-state index in [9.17, 15) is 19.7 Å². The Kier molecular flexibility index (Phi) is 4.81. The van der Waals surface area contributed by atoms with Crippen molar-refractivity contribution in [3.8, 4) is 0 Å². The molecule has 0 radical (unpaired) electrons. The Hall–Kier alpha value is -1.93. The molecule has 96 valence electrons. The first kappa shape index (κ1) is 14.1. The highest BCUT2D eigenvalue weighted by Gasteiger charge is 2.14. The van der Waals surface area contributed by atoms with E-state index in [1.807, 2.05) is 0 Å². The summed E-state index contributed by atoms with van der Waals surface area (Å²) in [6.45, 7) is 1.19. The predicted octanol–water partition coefficient (Wildman–Crippen LogP) is 0.936. The summed E-state index contributed by atoms with van der Waals surface area (Å²) in [5.41, 5.74) is -0.0186. The minimum atomic E-state index is -0.538. The summed E-state index contributed by atoms with van der Waals surface area (Å²) in [4.78, 5) is 32.8. The zero-order valence-electron chi connectivity index (χ0n) is 9.53. The average Bonchev–Trinajstić information content (AvgIpc) is 2.35. The molecule has 8 heteroatoms. The van der Waals surface area contributed by atoms with E-state index in [2.05, 4.69) is 0 Å². The summed E-state index contributed by atoms with van der Waals surface area (Å²) in [6, 6.07) is 5.76. The summed E-state index contributed by atoms with van der Waals surface area (Å²) in [7, 11) is 0. The van der Waals surface area contributed by atoms with Crippen LogP contribution in [0.4, 0.5) is 5.69 Å². The van der Waals surface area contributed by atoms with Gasteiger partial charge in [-0.2, -0.15) is 0 Å². The van der Waals surface area contributed by atoms with Crippen molar-refractivity contribution < 1.29 is 14.5 Å². The van der Waals surface area contributed by atoms with Crippen LogP contribution < -0.4 is 5.84 Å². The highest BCUT2D eigenvalue weighted by atomic mass is 32.2. The number of carbonyl (C=O) groups excluding carboxylic acids is 2. The number of benzene rings is 1. The molecule has 0 bridgehead atoms. The molecule has 0 fully saturated rings. The lowest BCUT2D eigenvalue weighted by Gasteiger charge is -2.11. The summed E-state index contributed by atoms with van der Waals surface area (Å²) in [5.74, 6) is 4.15. The maximum Gasteiger partial charge on any atom is 0.269 e. The van der Waals surface area contributed by atoms with Crippen LogP contribution in [0.3, 0.4) is 0 Å². The Balaban J connectivity index is 2.56. The van der Waals surface area contributed by atoms with Crippen molar-refractivity contribution in [3.05, 3.63) is 34.4 Å². The first-order valence-corrected chi connectivity index (χ1v) is 5.86. The molecular weight excluding hydrogens is 258 g/mol. The van der Waals surface area contributed by atoms with Crippen molar-refractivity contribution in [3.63, 3.8) is 0 Å². The third-order valence-corrected chi connectivity index (χ3v) is 3.01. The molecular formula is C10H11N3O4S. The van der Waals surface area contributed by atoms with Crippen molar-refractivity contribution >= 4 is 29.3 Å². The second kappa shape index (κ2) is 6.12. The topological polar surface area (TPSA) is 107 Å². The van der Waals surface area contributed by atoms with Crippen LogP contribution >= 0.6 is 11.8 Å². The molecule has 0 unspecified atom stereocenters. The number of thioether (sulfide) groups is 1. The van der Waals surface area contributed by atoms with Gasteiger partial charge in [0.2, 0.25) is 5.91 Å². The van der Waals surface area contributed by atoms with E-state index in [1.165, 1.54) is 31.2 Å². The van der Waals surface area contributed by atoms with Crippen LogP contribution in [-0.4, -0.2) is 27.5 Å². The number of rotatable bonds is 4. The molecule has 0 atom stereocenters. The van der Waals surface area contributed by atoms with Gasteiger partial charge in [-0.3, -0.25) is 19.7 Å². The van der Waals surface area contributed by atoms with Crippen molar-refractivity contribution in [1.29, 1.82) is 0 Å². The molecule has 0 aliphatic carbocycles.